The minimum absolute atomic E-state index is 0.558. The van der Waals surface area contributed by atoms with E-state index in [9.17, 15) is 28.8 Å². The zero-order valence-corrected chi connectivity index (χ0v) is 11.4. The molecule has 0 aliphatic carbocycles. The summed E-state index contributed by atoms with van der Waals surface area (Å²) in [6.45, 7) is 0. The molecule has 11 heteroatoms. The SMILES string of the molecule is NC(=O)/C=C\C(N)=O.O=C(O)/C=C\C(=O)O.O=C1C=CC(=O)O1. The van der Waals surface area contributed by atoms with Gasteiger partial charge in [-0.3, -0.25) is 9.59 Å². The number of hydrogen-bond donors (Lipinski definition) is 4. The minimum Gasteiger partial charge on any atom is -0.478 e. The van der Waals surface area contributed by atoms with E-state index in [1.165, 1.54) is 0 Å². The molecule has 0 unspecified atom stereocenters. The number of rotatable bonds is 4. The van der Waals surface area contributed by atoms with Crippen molar-refractivity contribution < 1.29 is 43.7 Å². The Hall–Kier alpha value is -3.76. The molecule has 1 aliphatic heterocycles. The number of hydrogen-bond acceptors (Lipinski definition) is 7. The van der Waals surface area contributed by atoms with Gasteiger partial charge in [0.05, 0.1) is 0 Å². The summed E-state index contributed by atoms with van der Waals surface area (Å²) in [5.74, 6) is -5.03. The molecule has 0 saturated heterocycles. The van der Waals surface area contributed by atoms with Crippen LogP contribution in [0.4, 0.5) is 0 Å². The Morgan fingerprint density at radius 2 is 1.09 bits per heavy atom. The summed E-state index contributed by atoms with van der Waals surface area (Å²) in [5, 5.41) is 15.6. The summed E-state index contributed by atoms with van der Waals surface area (Å²) in [6, 6.07) is 0. The Labute approximate surface area is 128 Å². The number of primary amides is 2. The van der Waals surface area contributed by atoms with Gasteiger partial charge in [-0.05, 0) is 0 Å². The molecule has 0 atom stereocenters. The molecule has 0 bridgehead atoms. The Balaban J connectivity index is 0. The van der Waals surface area contributed by atoms with Gasteiger partial charge >= 0.3 is 23.9 Å². The topological polar surface area (TPSA) is 204 Å². The van der Waals surface area contributed by atoms with Crippen molar-refractivity contribution in [1.29, 1.82) is 0 Å². The van der Waals surface area contributed by atoms with Gasteiger partial charge in [0.1, 0.15) is 0 Å². The van der Waals surface area contributed by atoms with Crippen LogP contribution < -0.4 is 11.5 Å². The Morgan fingerprint density at radius 3 is 1.22 bits per heavy atom. The standard InChI is InChI=1S/C4H6N2O2.C4H4O4.C4H2O3/c5-3(7)1-2-4(6)8;5-3(6)1-2-4(7)8;5-3-1-2-4(6)7-3/h1-2H,(H2,5,7)(H2,6,8);1-2H,(H,5,6)(H,7,8);1-2H/b2*2-1-;. The molecule has 2 amide bonds. The third-order valence-corrected chi connectivity index (χ3v) is 1.34. The van der Waals surface area contributed by atoms with Crippen LogP contribution in [0.5, 0.6) is 0 Å². The van der Waals surface area contributed by atoms with E-state index in [2.05, 4.69) is 16.2 Å². The maximum absolute atomic E-state index is 9.92. The van der Waals surface area contributed by atoms with E-state index >= 15 is 0 Å². The third-order valence-electron chi connectivity index (χ3n) is 1.34. The van der Waals surface area contributed by atoms with Gasteiger partial charge in [0, 0.05) is 36.5 Å². The van der Waals surface area contributed by atoms with E-state index in [1.54, 1.807) is 0 Å². The maximum atomic E-state index is 9.92. The molecule has 23 heavy (non-hydrogen) atoms. The fraction of sp³-hybridized carbons (Fsp3) is 0. The first-order valence-electron chi connectivity index (χ1n) is 5.39. The van der Waals surface area contributed by atoms with Crippen molar-refractivity contribution in [2.45, 2.75) is 0 Å². The number of carboxylic acid groups (broad SMARTS) is 2. The van der Waals surface area contributed by atoms with E-state index in [4.69, 9.17) is 10.2 Å². The predicted molar refractivity (Wildman–Crippen MR) is 72.2 cm³/mol. The summed E-state index contributed by atoms with van der Waals surface area (Å²) in [6.07, 6.45) is 5.10. The van der Waals surface area contributed by atoms with Gasteiger partial charge in [-0.1, -0.05) is 0 Å². The largest absolute Gasteiger partial charge is 0.478 e. The molecule has 1 aliphatic rings. The Morgan fingerprint density at radius 1 is 0.783 bits per heavy atom. The first-order chi connectivity index (χ1) is 10.5. The lowest BCUT2D eigenvalue weighted by molar-refractivity contribution is -0.150. The lowest BCUT2D eigenvalue weighted by Crippen LogP contribution is -2.10. The summed E-state index contributed by atoms with van der Waals surface area (Å²) in [4.78, 5) is 58.6. The normalized spacial score (nSPS) is 12.0. The van der Waals surface area contributed by atoms with Crippen LogP contribution in [0.15, 0.2) is 36.5 Å². The van der Waals surface area contributed by atoms with Crippen molar-refractivity contribution in [2.24, 2.45) is 11.5 Å². The lowest BCUT2D eigenvalue weighted by Gasteiger charge is -1.80. The van der Waals surface area contributed by atoms with Crippen molar-refractivity contribution in [1.82, 2.24) is 0 Å². The zero-order valence-electron chi connectivity index (χ0n) is 11.4. The smallest absolute Gasteiger partial charge is 0.338 e. The monoisotopic (exact) mass is 328 g/mol. The highest BCUT2D eigenvalue weighted by atomic mass is 16.6. The molecule has 1 rings (SSSR count). The molecular weight excluding hydrogens is 316 g/mol. The number of carboxylic acids is 2. The van der Waals surface area contributed by atoms with Gasteiger partial charge in [0.15, 0.2) is 0 Å². The second kappa shape index (κ2) is 12.0. The van der Waals surface area contributed by atoms with Crippen molar-refractivity contribution in [3.63, 3.8) is 0 Å². The van der Waals surface area contributed by atoms with Crippen LogP contribution in [-0.2, 0) is 33.5 Å². The predicted octanol–water partition coefficient (Wildman–Crippen LogP) is -2.15. The second-order valence-electron chi connectivity index (χ2n) is 3.22. The molecule has 0 radical (unpaired) electrons. The van der Waals surface area contributed by atoms with Gasteiger partial charge in [0.2, 0.25) is 11.8 Å². The van der Waals surface area contributed by atoms with Crippen LogP contribution in [0.1, 0.15) is 0 Å². The van der Waals surface area contributed by atoms with Crippen LogP contribution in [-0.4, -0.2) is 45.9 Å². The molecule has 0 aromatic rings. The highest BCUT2D eigenvalue weighted by Crippen LogP contribution is 1.92. The van der Waals surface area contributed by atoms with Crippen LogP contribution >= 0.6 is 0 Å². The molecule has 0 aromatic carbocycles. The minimum atomic E-state index is -1.26. The number of carbonyl (C=O) groups excluding carboxylic acids is 4. The van der Waals surface area contributed by atoms with Gasteiger partial charge < -0.3 is 26.4 Å². The third kappa shape index (κ3) is 20.7. The Kier molecular flexibility index (Phi) is 11.3. The van der Waals surface area contributed by atoms with Crippen LogP contribution in [0.25, 0.3) is 0 Å². The van der Waals surface area contributed by atoms with Crippen molar-refractivity contribution >= 4 is 35.7 Å². The maximum Gasteiger partial charge on any atom is 0.338 e. The van der Waals surface area contributed by atoms with Gasteiger partial charge in [-0.25, -0.2) is 19.2 Å². The molecule has 11 nitrogen and oxygen atoms in total. The molecule has 0 aromatic heterocycles. The highest BCUT2D eigenvalue weighted by molar-refractivity contribution is 6.04. The van der Waals surface area contributed by atoms with E-state index in [0.717, 1.165) is 24.3 Å². The molecular formula is C12H12N2O9. The number of aliphatic carboxylic acids is 2. The van der Waals surface area contributed by atoms with Gasteiger partial charge in [0.25, 0.3) is 0 Å². The number of ether oxygens (including phenoxy) is 1. The van der Waals surface area contributed by atoms with E-state index in [1.807, 2.05) is 0 Å². The Bertz CT molecular complexity index is 505. The van der Waals surface area contributed by atoms with Crippen LogP contribution in [0.3, 0.4) is 0 Å². The summed E-state index contributed by atoms with van der Waals surface area (Å²) >= 11 is 0. The average molecular weight is 328 g/mol. The number of cyclic esters (lactones) is 2. The fourth-order valence-corrected chi connectivity index (χ4v) is 0.610. The van der Waals surface area contributed by atoms with E-state index in [0.29, 0.717) is 12.2 Å². The zero-order chi connectivity index (χ0) is 18.4. The number of esters is 2. The number of nitrogens with two attached hydrogens (primary N) is 2. The average Bonchev–Trinajstić information content (AvgIpc) is 2.79. The molecule has 0 fully saturated rings. The van der Waals surface area contributed by atoms with Crippen molar-refractivity contribution in [3.8, 4) is 0 Å². The summed E-state index contributed by atoms with van der Waals surface area (Å²) < 4.78 is 3.97. The van der Waals surface area contributed by atoms with Gasteiger partial charge in [-0.15, -0.1) is 0 Å². The summed E-state index contributed by atoms with van der Waals surface area (Å²) in [5.41, 5.74) is 9.21. The molecule has 0 spiro atoms. The fourth-order valence-electron chi connectivity index (χ4n) is 0.610. The summed E-state index contributed by atoms with van der Waals surface area (Å²) in [7, 11) is 0. The quantitative estimate of drug-likeness (QED) is 0.252. The lowest BCUT2D eigenvalue weighted by atomic mass is 10.5. The molecule has 1 heterocycles. The van der Waals surface area contributed by atoms with Crippen molar-refractivity contribution in [3.05, 3.63) is 36.5 Å². The van der Waals surface area contributed by atoms with Crippen LogP contribution in [0.2, 0.25) is 0 Å². The molecule has 0 saturated carbocycles. The highest BCUT2D eigenvalue weighted by Gasteiger charge is 2.10. The second-order valence-corrected chi connectivity index (χ2v) is 3.22. The molecule has 124 valence electrons. The van der Waals surface area contributed by atoms with Crippen LogP contribution in [0, 0.1) is 0 Å². The first-order valence-corrected chi connectivity index (χ1v) is 5.39. The number of amides is 2. The van der Waals surface area contributed by atoms with E-state index in [-0.39, 0.29) is 0 Å². The van der Waals surface area contributed by atoms with E-state index < -0.39 is 35.7 Å². The van der Waals surface area contributed by atoms with Gasteiger partial charge in [-0.2, -0.15) is 0 Å². The van der Waals surface area contributed by atoms with Crippen molar-refractivity contribution in [2.75, 3.05) is 0 Å². The first kappa shape index (κ1) is 21.5. The number of carbonyl (C=O) groups is 6. The molecule has 6 N–H and O–H groups in total.